The van der Waals surface area contributed by atoms with Crippen molar-refractivity contribution in [2.45, 2.75) is 23.5 Å². The van der Waals surface area contributed by atoms with Crippen LogP contribution in [0.4, 0.5) is 5.69 Å². The molecule has 0 saturated carbocycles. The van der Waals surface area contributed by atoms with Crippen molar-refractivity contribution in [2.24, 2.45) is 11.1 Å². The van der Waals surface area contributed by atoms with Crippen LogP contribution in [0.25, 0.3) is 0 Å². The zero-order valence-corrected chi connectivity index (χ0v) is 15.2. The van der Waals surface area contributed by atoms with Crippen molar-refractivity contribution in [3.63, 3.8) is 0 Å². The second-order valence-electron chi connectivity index (χ2n) is 6.21. The van der Waals surface area contributed by atoms with E-state index < -0.39 is 10.0 Å². The highest BCUT2D eigenvalue weighted by atomic mass is 79.9. The molecule has 4 rings (SSSR count). The van der Waals surface area contributed by atoms with Crippen LogP contribution < -0.4 is 10.5 Å². The van der Waals surface area contributed by atoms with Gasteiger partial charge in [-0.15, -0.1) is 0 Å². The summed E-state index contributed by atoms with van der Waals surface area (Å²) >= 11 is 3.46. The molecule has 0 radical (unpaired) electrons. The Kier molecular flexibility index (Phi) is 3.91. The molecular weight excluding hydrogens is 392 g/mol. The fourth-order valence-electron chi connectivity index (χ4n) is 3.63. The minimum absolute atomic E-state index is 0.114. The molecule has 7 heteroatoms. The molecule has 3 N–H and O–H groups in total. The Labute approximate surface area is 149 Å². The number of nitrogens with one attached hydrogen (secondary N) is 1. The zero-order chi connectivity index (χ0) is 16.9. The molecule has 3 atom stereocenters. The van der Waals surface area contributed by atoms with E-state index in [0.717, 1.165) is 22.1 Å². The largest absolute Gasteiger partial charge is 0.378 e. The van der Waals surface area contributed by atoms with E-state index in [1.807, 2.05) is 12.1 Å². The lowest BCUT2D eigenvalue weighted by Gasteiger charge is -2.36. The summed E-state index contributed by atoms with van der Waals surface area (Å²) in [6, 6.07) is 13.3. The fraction of sp³-hybridized carbons (Fsp3) is 0.294. The molecule has 2 aliphatic rings. The van der Waals surface area contributed by atoms with E-state index in [-0.39, 0.29) is 23.0 Å². The van der Waals surface area contributed by atoms with Crippen molar-refractivity contribution in [1.82, 2.24) is 0 Å². The zero-order valence-electron chi connectivity index (χ0n) is 12.8. The molecule has 2 aromatic carbocycles. The Bertz CT molecular complexity index is 883. The minimum atomic E-state index is -3.72. The van der Waals surface area contributed by atoms with Gasteiger partial charge >= 0.3 is 0 Å². The second-order valence-corrected chi connectivity index (χ2v) is 8.69. The number of halogens is 1. The maximum Gasteiger partial charge on any atom is 0.238 e. The van der Waals surface area contributed by atoms with Crippen LogP contribution >= 0.6 is 15.9 Å². The van der Waals surface area contributed by atoms with Gasteiger partial charge in [0.05, 0.1) is 17.0 Å². The molecule has 0 bridgehead atoms. The smallest absolute Gasteiger partial charge is 0.238 e. The van der Waals surface area contributed by atoms with Crippen molar-refractivity contribution in [3.05, 3.63) is 58.1 Å². The molecule has 2 aliphatic heterocycles. The molecule has 2 heterocycles. The Hall–Kier alpha value is -1.41. The van der Waals surface area contributed by atoms with Gasteiger partial charge in [0.1, 0.15) is 0 Å². The summed E-state index contributed by atoms with van der Waals surface area (Å²) in [5.41, 5.74) is 2.97. The van der Waals surface area contributed by atoms with Gasteiger partial charge in [-0.1, -0.05) is 28.1 Å². The molecular formula is C17H17BrN2O3S. The average molecular weight is 409 g/mol. The summed E-state index contributed by atoms with van der Waals surface area (Å²) in [4.78, 5) is 0.124. The number of anilines is 1. The molecule has 0 aliphatic carbocycles. The second kappa shape index (κ2) is 5.84. The van der Waals surface area contributed by atoms with Gasteiger partial charge in [-0.25, -0.2) is 13.6 Å². The average Bonchev–Trinajstić information content (AvgIpc) is 3.03. The molecule has 1 saturated heterocycles. The molecule has 0 amide bonds. The Morgan fingerprint density at radius 3 is 2.62 bits per heavy atom. The highest BCUT2D eigenvalue weighted by molar-refractivity contribution is 9.10. The van der Waals surface area contributed by atoms with E-state index in [1.54, 1.807) is 12.1 Å². The topological polar surface area (TPSA) is 81.4 Å². The summed E-state index contributed by atoms with van der Waals surface area (Å²) < 4.78 is 30.3. The van der Waals surface area contributed by atoms with Crippen LogP contribution in [-0.4, -0.2) is 15.0 Å². The number of hydrogen-bond acceptors (Lipinski definition) is 4. The van der Waals surface area contributed by atoms with Crippen molar-refractivity contribution < 1.29 is 13.2 Å². The molecule has 3 unspecified atom stereocenters. The van der Waals surface area contributed by atoms with Gasteiger partial charge in [-0.2, -0.15) is 0 Å². The number of primary sulfonamides is 1. The van der Waals surface area contributed by atoms with E-state index in [9.17, 15) is 8.42 Å². The Morgan fingerprint density at radius 1 is 1.17 bits per heavy atom. The predicted molar refractivity (Wildman–Crippen MR) is 95.1 cm³/mol. The maximum atomic E-state index is 11.6. The third-order valence-electron chi connectivity index (χ3n) is 4.76. The number of benzene rings is 2. The summed E-state index contributed by atoms with van der Waals surface area (Å²) in [7, 11) is -3.72. The van der Waals surface area contributed by atoms with Crippen molar-refractivity contribution >= 4 is 31.6 Å². The first-order valence-corrected chi connectivity index (χ1v) is 10.1. The monoisotopic (exact) mass is 408 g/mol. The quantitative estimate of drug-likeness (QED) is 0.797. The van der Waals surface area contributed by atoms with Crippen LogP contribution in [0.5, 0.6) is 0 Å². The van der Waals surface area contributed by atoms with Crippen LogP contribution in [0.15, 0.2) is 51.8 Å². The van der Waals surface area contributed by atoms with Gasteiger partial charge < -0.3 is 10.1 Å². The van der Waals surface area contributed by atoms with E-state index in [0.29, 0.717) is 6.61 Å². The third-order valence-corrected chi connectivity index (χ3v) is 6.20. The molecule has 0 aromatic heterocycles. The maximum absolute atomic E-state index is 11.6. The molecule has 2 aromatic rings. The van der Waals surface area contributed by atoms with E-state index in [1.165, 1.54) is 11.6 Å². The molecule has 1 fully saturated rings. The fourth-order valence-corrected chi connectivity index (χ4v) is 4.44. The number of rotatable bonds is 2. The lowest BCUT2D eigenvalue weighted by atomic mass is 9.81. The molecule has 5 nitrogen and oxygen atoms in total. The summed E-state index contributed by atoms with van der Waals surface area (Å²) in [6.45, 7) is 0.670. The van der Waals surface area contributed by atoms with Gasteiger partial charge in [0.2, 0.25) is 10.0 Å². The number of sulfonamides is 1. The minimum Gasteiger partial charge on any atom is -0.378 e. The highest BCUT2D eigenvalue weighted by Gasteiger charge is 2.41. The number of hydrogen-bond donors (Lipinski definition) is 2. The van der Waals surface area contributed by atoms with Gasteiger partial charge in [0.25, 0.3) is 0 Å². The number of fused-ring (bicyclic) bond motifs is 3. The van der Waals surface area contributed by atoms with Gasteiger partial charge in [0, 0.05) is 28.2 Å². The van der Waals surface area contributed by atoms with Crippen LogP contribution in [0.3, 0.4) is 0 Å². The lowest BCUT2D eigenvalue weighted by molar-refractivity contribution is 0.0827. The van der Waals surface area contributed by atoms with Crippen LogP contribution in [-0.2, 0) is 14.8 Å². The van der Waals surface area contributed by atoms with Gasteiger partial charge in [-0.3, -0.25) is 0 Å². The first-order valence-electron chi connectivity index (χ1n) is 7.74. The summed E-state index contributed by atoms with van der Waals surface area (Å²) in [5, 5.41) is 8.82. The van der Waals surface area contributed by atoms with Crippen molar-refractivity contribution in [2.75, 3.05) is 11.9 Å². The van der Waals surface area contributed by atoms with E-state index >= 15 is 0 Å². The van der Waals surface area contributed by atoms with Crippen LogP contribution in [0.2, 0.25) is 0 Å². The SMILES string of the molecule is NS(=O)(=O)c1ccc2c(c1)C1OCCC1C(c1ccc(Br)cc1)N2. The molecule has 24 heavy (non-hydrogen) atoms. The van der Waals surface area contributed by atoms with Crippen LogP contribution in [0.1, 0.15) is 29.7 Å². The normalized spacial score (nSPS) is 25.7. The first kappa shape index (κ1) is 16.1. The van der Waals surface area contributed by atoms with Crippen molar-refractivity contribution in [1.29, 1.82) is 0 Å². The summed E-state index contributed by atoms with van der Waals surface area (Å²) in [6.07, 6.45) is 0.814. The predicted octanol–water partition coefficient (Wildman–Crippen LogP) is 3.34. The standard InChI is InChI=1S/C17H17BrN2O3S/c18-11-3-1-10(2-4-11)16-13-7-8-23-17(13)14-9-12(24(19,21)22)5-6-15(14)20-16/h1-6,9,13,16-17,20H,7-8H2,(H2,19,21,22). The van der Waals surface area contributed by atoms with Crippen molar-refractivity contribution in [3.8, 4) is 0 Å². The Morgan fingerprint density at radius 2 is 1.92 bits per heavy atom. The summed E-state index contributed by atoms with van der Waals surface area (Å²) in [5.74, 6) is 0.259. The van der Waals surface area contributed by atoms with Gasteiger partial charge in [0.15, 0.2) is 0 Å². The molecule has 0 spiro atoms. The highest BCUT2D eigenvalue weighted by Crippen LogP contribution is 2.50. The van der Waals surface area contributed by atoms with Crippen LogP contribution in [0, 0.1) is 5.92 Å². The Balaban J connectivity index is 1.78. The number of ether oxygens (including phenoxy) is 1. The van der Waals surface area contributed by atoms with E-state index in [4.69, 9.17) is 9.88 Å². The van der Waals surface area contributed by atoms with Gasteiger partial charge in [-0.05, 0) is 42.3 Å². The lowest BCUT2D eigenvalue weighted by Crippen LogP contribution is -2.29. The number of nitrogens with two attached hydrogens (primary N) is 1. The first-order chi connectivity index (χ1) is 11.4. The van der Waals surface area contributed by atoms with E-state index in [2.05, 4.69) is 33.4 Å². The molecule has 126 valence electrons. The third kappa shape index (κ3) is 2.75.